The average Bonchev–Trinajstić information content (AvgIpc) is 2.37. The summed E-state index contributed by atoms with van der Waals surface area (Å²) < 4.78 is 2.43. The lowest BCUT2D eigenvalue weighted by Gasteiger charge is -2.37. The molecule has 4 nitrogen and oxygen atoms in total. The van der Waals surface area contributed by atoms with Crippen LogP contribution in [0, 0.1) is 0 Å². The summed E-state index contributed by atoms with van der Waals surface area (Å²) in [6, 6.07) is 11.4. The maximum Gasteiger partial charge on any atom is 0.314 e. The van der Waals surface area contributed by atoms with Gasteiger partial charge in [0.15, 0.2) is 0 Å². The maximum absolute atomic E-state index is 4.76. The Morgan fingerprint density at radius 3 is 2.10 bits per heavy atom. The minimum atomic E-state index is -1.13. The van der Waals surface area contributed by atoms with Crippen LogP contribution in [0.5, 0.6) is 0 Å². The molecule has 0 bridgehead atoms. The van der Waals surface area contributed by atoms with Crippen molar-refractivity contribution in [1.29, 1.82) is 0 Å². The van der Waals surface area contributed by atoms with Crippen molar-refractivity contribution in [3.8, 4) is 0 Å². The Labute approximate surface area is 131 Å². The third-order valence-corrected chi connectivity index (χ3v) is 5.79. The average molecular weight is 306 g/mol. The predicted octanol–water partition coefficient (Wildman–Crippen LogP) is 1.99. The number of hydrazine groups is 1. The highest BCUT2D eigenvalue weighted by atomic mass is 28.3. The van der Waals surface area contributed by atoms with Gasteiger partial charge in [-0.25, -0.2) is 0 Å². The van der Waals surface area contributed by atoms with E-state index in [4.69, 9.17) is 4.99 Å². The minimum Gasteiger partial charge on any atom is -0.367 e. The van der Waals surface area contributed by atoms with Crippen LogP contribution in [0.1, 0.15) is 34.6 Å². The molecule has 1 aromatic rings. The second-order valence-electron chi connectivity index (χ2n) is 5.95. The van der Waals surface area contributed by atoms with Gasteiger partial charge in [-0.15, -0.1) is 0 Å². The molecule has 5 heteroatoms. The molecule has 0 aromatic heterocycles. The summed E-state index contributed by atoms with van der Waals surface area (Å²) >= 11 is 0. The SMILES string of the molecule is CC(=NC(C)C)N(C(C)C)[Si](NN(C)C)c1ccccc1. The van der Waals surface area contributed by atoms with Gasteiger partial charge >= 0.3 is 9.12 Å². The van der Waals surface area contributed by atoms with Crippen molar-refractivity contribution in [1.82, 2.24) is 14.7 Å². The molecule has 0 spiro atoms. The first kappa shape index (κ1) is 17.9. The molecule has 0 aliphatic carbocycles. The third-order valence-electron chi connectivity index (χ3n) is 2.93. The lowest BCUT2D eigenvalue weighted by Crippen LogP contribution is -2.64. The molecule has 117 valence electrons. The first-order valence-corrected chi connectivity index (χ1v) is 8.97. The number of nitrogens with one attached hydrogen (secondary N) is 1. The van der Waals surface area contributed by atoms with E-state index >= 15 is 0 Å². The van der Waals surface area contributed by atoms with Gasteiger partial charge in [0.25, 0.3) is 0 Å². The Morgan fingerprint density at radius 2 is 1.67 bits per heavy atom. The quantitative estimate of drug-likeness (QED) is 0.377. The zero-order valence-corrected chi connectivity index (χ0v) is 15.4. The fourth-order valence-electron chi connectivity index (χ4n) is 2.29. The molecule has 0 unspecified atom stereocenters. The number of hydrogen-bond acceptors (Lipinski definition) is 3. The first-order chi connectivity index (χ1) is 9.82. The van der Waals surface area contributed by atoms with Crippen molar-refractivity contribution < 1.29 is 0 Å². The van der Waals surface area contributed by atoms with E-state index in [1.165, 1.54) is 5.19 Å². The van der Waals surface area contributed by atoms with Crippen molar-refractivity contribution in [3.63, 3.8) is 0 Å². The molecule has 0 atom stereocenters. The molecule has 0 fully saturated rings. The van der Waals surface area contributed by atoms with Gasteiger partial charge in [0.2, 0.25) is 0 Å². The van der Waals surface area contributed by atoms with Crippen LogP contribution >= 0.6 is 0 Å². The van der Waals surface area contributed by atoms with E-state index in [0.717, 1.165) is 5.84 Å². The van der Waals surface area contributed by atoms with Gasteiger partial charge < -0.3 is 4.57 Å². The maximum atomic E-state index is 4.76. The molecule has 1 aromatic carbocycles. The van der Waals surface area contributed by atoms with Gasteiger partial charge in [0, 0.05) is 26.2 Å². The second kappa shape index (κ2) is 8.31. The molecule has 1 rings (SSSR count). The number of nitrogens with zero attached hydrogens (tertiary/aromatic N) is 3. The van der Waals surface area contributed by atoms with Crippen LogP contribution in [0.4, 0.5) is 0 Å². The molecule has 0 aliphatic rings. The molecule has 21 heavy (non-hydrogen) atoms. The van der Waals surface area contributed by atoms with Crippen LogP contribution < -0.4 is 10.3 Å². The van der Waals surface area contributed by atoms with Crippen molar-refractivity contribution in [2.75, 3.05) is 14.1 Å². The van der Waals surface area contributed by atoms with Crippen molar-refractivity contribution in [3.05, 3.63) is 30.3 Å². The molecule has 1 radical (unpaired) electrons. The molecule has 1 N–H and O–H groups in total. The smallest absolute Gasteiger partial charge is 0.314 e. The minimum absolute atomic E-state index is 0.310. The van der Waals surface area contributed by atoms with Gasteiger partial charge in [0.1, 0.15) is 0 Å². The molecule has 0 saturated heterocycles. The van der Waals surface area contributed by atoms with Crippen molar-refractivity contribution >= 4 is 20.1 Å². The highest BCUT2D eigenvalue weighted by Crippen LogP contribution is 2.06. The van der Waals surface area contributed by atoms with Crippen LogP contribution in [0.25, 0.3) is 0 Å². The lowest BCUT2D eigenvalue weighted by atomic mass is 10.4. The number of benzene rings is 1. The van der Waals surface area contributed by atoms with Gasteiger partial charge in [0.05, 0.1) is 5.84 Å². The monoisotopic (exact) mass is 305 g/mol. The van der Waals surface area contributed by atoms with E-state index < -0.39 is 9.12 Å². The number of hydrogen-bond donors (Lipinski definition) is 1. The largest absolute Gasteiger partial charge is 0.367 e. The Morgan fingerprint density at radius 1 is 1.10 bits per heavy atom. The fraction of sp³-hybridized carbons (Fsp3) is 0.562. The lowest BCUT2D eigenvalue weighted by molar-refractivity contribution is 0.349. The van der Waals surface area contributed by atoms with E-state index in [9.17, 15) is 0 Å². The third kappa shape index (κ3) is 5.61. The highest BCUT2D eigenvalue weighted by molar-refractivity contribution is 6.70. The summed E-state index contributed by atoms with van der Waals surface area (Å²) in [6.45, 7) is 10.8. The van der Waals surface area contributed by atoms with E-state index in [1.807, 2.05) is 19.1 Å². The van der Waals surface area contributed by atoms with Gasteiger partial charge in [-0.2, -0.15) is 0 Å². The molecule has 0 amide bonds. The van der Waals surface area contributed by atoms with E-state index in [0.29, 0.717) is 12.1 Å². The summed E-state index contributed by atoms with van der Waals surface area (Å²) in [7, 11) is 2.96. The zero-order chi connectivity index (χ0) is 16.0. The van der Waals surface area contributed by atoms with Crippen LogP contribution in [-0.4, -0.2) is 50.7 Å². The first-order valence-electron chi connectivity index (χ1n) is 7.53. The Bertz CT molecular complexity index is 443. The summed E-state index contributed by atoms with van der Waals surface area (Å²) in [5.41, 5.74) is 0. The molecular weight excluding hydrogens is 276 g/mol. The highest BCUT2D eigenvalue weighted by Gasteiger charge is 2.28. The summed E-state index contributed by atoms with van der Waals surface area (Å²) in [6.07, 6.45) is 0. The number of aliphatic imine (C=N–C) groups is 1. The van der Waals surface area contributed by atoms with Gasteiger partial charge in [-0.05, 0) is 39.8 Å². The number of rotatable bonds is 6. The fourth-order valence-corrected chi connectivity index (χ4v) is 4.64. The van der Waals surface area contributed by atoms with E-state index in [1.54, 1.807) is 0 Å². The van der Waals surface area contributed by atoms with E-state index in [2.05, 4.69) is 74.6 Å². The molecular formula is C16H29N4Si. The summed E-state index contributed by atoms with van der Waals surface area (Å²) in [5, 5.41) is 6.99. The van der Waals surface area contributed by atoms with Crippen LogP contribution in [0.15, 0.2) is 35.3 Å². The predicted molar refractivity (Wildman–Crippen MR) is 93.9 cm³/mol. The Kier molecular flexibility index (Phi) is 7.08. The van der Waals surface area contributed by atoms with Gasteiger partial charge in [-0.1, -0.05) is 30.3 Å². The Hall–Kier alpha value is -1.17. The standard InChI is InChI=1S/C16H29N4Si/c1-13(2)17-15(5)20(14(3)4)21(18-19(6)7)16-11-9-8-10-12-16/h8-14,18H,1-7H3. The molecule has 0 heterocycles. The second-order valence-corrected chi connectivity index (χ2v) is 7.93. The van der Waals surface area contributed by atoms with Crippen molar-refractivity contribution in [2.24, 2.45) is 4.99 Å². The van der Waals surface area contributed by atoms with E-state index in [-0.39, 0.29) is 0 Å². The summed E-state index contributed by atoms with van der Waals surface area (Å²) in [4.78, 5) is 4.76. The van der Waals surface area contributed by atoms with Crippen LogP contribution in [0.2, 0.25) is 0 Å². The van der Waals surface area contributed by atoms with Gasteiger partial charge in [-0.3, -0.25) is 15.1 Å². The topological polar surface area (TPSA) is 30.9 Å². The zero-order valence-electron chi connectivity index (χ0n) is 14.4. The van der Waals surface area contributed by atoms with Crippen LogP contribution in [-0.2, 0) is 0 Å². The number of amidine groups is 1. The van der Waals surface area contributed by atoms with Crippen molar-refractivity contribution in [2.45, 2.75) is 46.7 Å². The van der Waals surface area contributed by atoms with Crippen LogP contribution in [0.3, 0.4) is 0 Å². The normalized spacial score (nSPS) is 12.8. The Balaban J connectivity index is 3.19. The molecule has 0 aliphatic heterocycles. The molecule has 0 saturated carbocycles. The summed E-state index contributed by atoms with van der Waals surface area (Å²) in [5.74, 6) is 1.10.